The van der Waals surface area contributed by atoms with E-state index in [2.05, 4.69) is 34.4 Å². The van der Waals surface area contributed by atoms with Crippen molar-refractivity contribution in [1.82, 2.24) is 9.97 Å². The first-order chi connectivity index (χ1) is 9.95. The summed E-state index contributed by atoms with van der Waals surface area (Å²) in [6.07, 6.45) is 0. The van der Waals surface area contributed by atoms with E-state index < -0.39 is 11.6 Å². The summed E-state index contributed by atoms with van der Waals surface area (Å²) in [5.41, 5.74) is 0.487. The molecule has 0 aliphatic heterocycles. The minimum absolute atomic E-state index is 0.217. The molecule has 0 atom stereocenters. The van der Waals surface area contributed by atoms with Crippen LogP contribution >= 0.6 is 0 Å². The lowest BCUT2D eigenvalue weighted by molar-refractivity contribution is 0.590. The van der Waals surface area contributed by atoms with E-state index >= 15 is 0 Å². The normalized spacial score (nSPS) is 10.8. The van der Waals surface area contributed by atoms with Gasteiger partial charge in [0.25, 0.3) is 0 Å². The van der Waals surface area contributed by atoms with E-state index in [0.29, 0.717) is 23.4 Å². The molecule has 0 fully saturated rings. The van der Waals surface area contributed by atoms with Crippen LogP contribution in [0.25, 0.3) is 0 Å². The van der Waals surface area contributed by atoms with Gasteiger partial charge >= 0.3 is 0 Å². The largest absolute Gasteiger partial charge is 0.354 e. The summed E-state index contributed by atoms with van der Waals surface area (Å²) in [7, 11) is 0. The highest BCUT2D eigenvalue weighted by molar-refractivity contribution is 5.58. The van der Waals surface area contributed by atoms with Gasteiger partial charge in [0.05, 0.1) is 0 Å². The summed E-state index contributed by atoms with van der Waals surface area (Å²) in [4.78, 5) is 8.46. The van der Waals surface area contributed by atoms with Crippen LogP contribution < -0.4 is 10.6 Å². The summed E-state index contributed by atoms with van der Waals surface area (Å²) in [5.74, 6) is -0.110. The lowest BCUT2D eigenvalue weighted by atomic mass is 10.2. The molecular weight excluding hydrogens is 274 g/mol. The molecule has 1 heterocycles. The van der Waals surface area contributed by atoms with Crippen LogP contribution in [0.2, 0.25) is 0 Å². The molecule has 6 heteroatoms. The van der Waals surface area contributed by atoms with Crippen LogP contribution in [-0.4, -0.2) is 16.5 Å². The number of halogens is 2. The Morgan fingerprint density at radius 2 is 1.81 bits per heavy atom. The average molecular weight is 292 g/mol. The third-order valence-electron chi connectivity index (χ3n) is 2.74. The highest BCUT2D eigenvalue weighted by Crippen LogP contribution is 2.22. The maximum atomic E-state index is 13.6. The van der Waals surface area contributed by atoms with E-state index in [1.807, 2.05) is 0 Å². The van der Waals surface area contributed by atoms with Crippen LogP contribution in [0, 0.1) is 24.5 Å². The molecule has 1 aromatic carbocycles. The molecule has 0 saturated heterocycles. The maximum absolute atomic E-state index is 13.6. The summed E-state index contributed by atoms with van der Waals surface area (Å²) < 4.78 is 27.3. The summed E-state index contributed by atoms with van der Waals surface area (Å²) >= 11 is 0. The fraction of sp³-hybridized carbons (Fsp3) is 0.333. The first-order valence-corrected chi connectivity index (χ1v) is 6.76. The smallest absolute Gasteiger partial charge is 0.224 e. The molecule has 0 spiro atoms. The molecule has 2 N–H and O–H groups in total. The van der Waals surface area contributed by atoms with Crippen molar-refractivity contribution >= 4 is 17.5 Å². The van der Waals surface area contributed by atoms with Gasteiger partial charge in [0.2, 0.25) is 5.95 Å². The maximum Gasteiger partial charge on any atom is 0.224 e. The van der Waals surface area contributed by atoms with Crippen molar-refractivity contribution < 1.29 is 8.78 Å². The number of para-hydroxylation sites is 1. The first kappa shape index (κ1) is 15.2. The number of benzene rings is 1. The lowest BCUT2D eigenvalue weighted by Gasteiger charge is -2.12. The Balaban J connectivity index is 2.24. The Morgan fingerprint density at radius 3 is 2.43 bits per heavy atom. The van der Waals surface area contributed by atoms with Gasteiger partial charge in [-0.05, 0) is 25.0 Å². The standard InChI is InChI=1S/C15H18F2N4/c1-9(2)8-18-15-19-10(3)7-13(21-15)20-14-11(16)5-4-6-12(14)17/h4-7,9H,8H2,1-3H3,(H2,18,19,20,21). The van der Waals surface area contributed by atoms with Crippen LogP contribution in [0.4, 0.5) is 26.2 Å². The van der Waals surface area contributed by atoms with Crippen LogP contribution in [0.3, 0.4) is 0 Å². The monoisotopic (exact) mass is 292 g/mol. The van der Waals surface area contributed by atoms with Crippen molar-refractivity contribution in [2.75, 3.05) is 17.2 Å². The van der Waals surface area contributed by atoms with Gasteiger partial charge in [-0.25, -0.2) is 13.8 Å². The predicted octanol–water partition coefficient (Wildman–Crippen LogP) is 3.87. The molecular formula is C15H18F2N4. The van der Waals surface area contributed by atoms with Gasteiger partial charge in [-0.15, -0.1) is 0 Å². The minimum atomic E-state index is -0.664. The molecule has 0 aliphatic carbocycles. The second kappa shape index (κ2) is 6.47. The summed E-state index contributed by atoms with van der Waals surface area (Å²) in [6, 6.07) is 5.33. The number of aryl methyl sites for hydroxylation is 1. The van der Waals surface area contributed by atoms with Gasteiger partial charge in [0, 0.05) is 18.3 Å². The van der Waals surface area contributed by atoms with Crippen molar-refractivity contribution in [3.05, 3.63) is 41.6 Å². The van der Waals surface area contributed by atoms with Crippen molar-refractivity contribution in [3.8, 4) is 0 Å². The van der Waals surface area contributed by atoms with Crippen LogP contribution in [-0.2, 0) is 0 Å². The fourth-order valence-electron chi connectivity index (χ4n) is 1.75. The van der Waals surface area contributed by atoms with Crippen molar-refractivity contribution in [2.45, 2.75) is 20.8 Å². The SMILES string of the molecule is Cc1cc(Nc2c(F)cccc2F)nc(NCC(C)C)n1. The van der Waals surface area contributed by atoms with Crippen molar-refractivity contribution in [1.29, 1.82) is 0 Å². The van der Waals surface area contributed by atoms with Gasteiger partial charge in [0.15, 0.2) is 0 Å². The number of nitrogens with zero attached hydrogens (tertiary/aromatic N) is 2. The zero-order valence-corrected chi connectivity index (χ0v) is 12.2. The lowest BCUT2D eigenvalue weighted by Crippen LogP contribution is -2.12. The van der Waals surface area contributed by atoms with Gasteiger partial charge < -0.3 is 10.6 Å². The average Bonchev–Trinajstić information content (AvgIpc) is 2.40. The van der Waals surface area contributed by atoms with Gasteiger partial charge in [-0.2, -0.15) is 4.98 Å². The number of rotatable bonds is 5. The zero-order valence-electron chi connectivity index (χ0n) is 12.2. The number of hydrogen-bond donors (Lipinski definition) is 2. The molecule has 0 aliphatic rings. The van der Waals surface area contributed by atoms with Crippen LogP contribution in [0.5, 0.6) is 0 Å². The van der Waals surface area contributed by atoms with Crippen LogP contribution in [0.1, 0.15) is 19.5 Å². The van der Waals surface area contributed by atoms with Crippen molar-refractivity contribution in [3.63, 3.8) is 0 Å². The molecule has 0 saturated carbocycles. The van der Waals surface area contributed by atoms with Gasteiger partial charge in [-0.1, -0.05) is 19.9 Å². The number of anilines is 3. The Kier molecular flexibility index (Phi) is 4.67. The van der Waals surface area contributed by atoms with E-state index in [9.17, 15) is 8.78 Å². The topological polar surface area (TPSA) is 49.8 Å². The predicted molar refractivity (Wildman–Crippen MR) is 79.7 cm³/mol. The third kappa shape index (κ3) is 4.11. The van der Waals surface area contributed by atoms with E-state index in [1.54, 1.807) is 13.0 Å². The zero-order chi connectivity index (χ0) is 15.4. The Morgan fingerprint density at radius 1 is 1.14 bits per heavy atom. The molecule has 21 heavy (non-hydrogen) atoms. The van der Waals surface area contributed by atoms with E-state index in [-0.39, 0.29) is 5.69 Å². The minimum Gasteiger partial charge on any atom is -0.354 e. The third-order valence-corrected chi connectivity index (χ3v) is 2.74. The van der Waals surface area contributed by atoms with Gasteiger partial charge in [0.1, 0.15) is 23.1 Å². The second-order valence-corrected chi connectivity index (χ2v) is 5.21. The molecule has 2 rings (SSSR count). The van der Waals surface area contributed by atoms with E-state index in [0.717, 1.165) is 6.54 Å². The summed E-state index contributed by atoms with van der Waals surface area (Å²) in [6.45, 7) is 6.65. The Labute approximate surface area is 122 Å². The molecule has 2 aromatic rings. The molecule has 0 unspecified atom stereocenters. The second-order valence-electron chi connectivity index (χ2n) is 5.21. The van der Waals surface area contributed by atoms with Crippen LogP contribution in [0.15, 0.2) is 24.3 Å². The van der Waals surface area contributed by atoms with E-state index in [1.165, 1.54) is 18.2 Å². The molecule has 4 nitrogen and oxygen atoms in total. The molecule has 0 bridgehead atoms. The van der Waals surface area contributed by atoms with Gasteiger partial charge in [-0.3, -0.25) is 0 Å². The Hall–Kier alpha value is -2.24. The highest BCUT2D eigenvalue weighted by atomic mass is 19.1. The fourth-order valence-corrected chi connectivity index (χ4v) is 1.75. The van der Waals surface area contributed by atoms with E-state index in [4.69, 9.17) is 0 Å². The molecule has 0 radical (unpaired) electrons. The highest BCUT2D eigenvalue weighted by Gasteiger charge is 2.10. The molecule has 112 valence electrons. The quantitative estimate of drug-likeness (QED) is 0.878. The number of aromatic nitrogens is 2. The Bertz CT molecular complexity index is 609. The first-order valence-electron chi connectivity index (χ1n) is 6.76. The van der Waals surface area contributed by atoms with Crippen molar-refractivity contribution in [2.24, 2.45) is 5.92 Å². The number of nitrogens with one attached hydrogen (secondary N) is 2. The molecule has 1 aromatic heterocycles. The summed E-state index contributed by atoms with van der Waals surface area (Å²) in [5, 5.41) is 5.76. The molecule has 0 amide bonds. The number of hydrogen-bond acceptors (Lipinski definition) is 4.